The number of rotatable bonds is 8. The lowest BCUT2D eigenvalue weighted by atomic mass is 10.2. The van der Waals surface area contributed by atoms with Crippen molar-refractivity contribution in [1.82, 2.24) is 24.8 Å². The molecule has 162 valence electrons. The number of anilines is 1. The van der Waals surface area contributed by atoms with Crippen molar-refractivity contribution in [2.45, 2.75) is 13.1 Å². The summed E-state index contributed by atoms with van der Waals surface area (Å²) in [6, 6.07) is 18.7. The topological polar surface area (TPSA) is 104 Å². The summed E-state index contributed by atoms with van der Waals surface area (Å²) in [5.74, 6) is -0.778. The van der Waals surface area contributed by atoms with Crippen molar-refractivity contribution < 1.29 is 14.3 Å². The standard InChI is InChI=1S/C22H19ClN6O3/c23-18-9-5-4-8-17(18)13-29-20(10-11-24-29)25-21(30)15-32-22(31)19-14-28(27-26-19)12-16-6-2-1-3-7-16/h1-11,14H,12-13,15H2,(H,25,30). The predicted molar refractivity (Wildman–Crippen MR) is 117 cm³/mol. The van der Waals surface area contributed by atoms with Crippen LogP contribution in [0.3, 0.4) is 0 Å². The Morgan fingerprint density at radius 1 is 1.00 bits per heavy atom. The van der Waals surface area contributed by atoms with Gasteiger partial charge >= 0.3 is 5.97 Å². The number of hydrogen-bond acceptors (Lipinski definition) is 6. The lowest BCUT2D eigenvalue weighted by Crippen LogP contribution is -2.23. The van der Waals surface area contributed by atoms with Gasteiger partial charge in [-0.15, -0.1) is 5.10 Å². The average molecular weight is 451 g/mol. The summed E-state index contributed by atoms with van der Waals surface area (Å²) in [7, 11) is 0. The van der Waals surface area contributed by atoms with E-state index in [1.54, 1.807) is 23.0 Å². The summed E-state index contributed by atoms with van der Waals surface area (Å²) in [6.07, 6.45) is 3.04. The molecule has 0 bridgehead atoms. The fourth-order valence-corrected chi connectivity index (χ4v) is 3.17. The highest BCUT2D eigenvalue weighted by atomic mass is 35.5. The summed E-state index contributed by atoms with van der Waals surface area (Å²) < 4.78 is 8.18. The van der Waals surface area contributed by atoms with Gasteiger partial charge < -0.3 is 10.1 Å². The summed E-state index contributed by atoms with van der Waals surface area (Å²) in [5, 5.41) is 15.2. The Balaban J connectivity index is 1.30. The summed E-state index contributed by atoms with van der Waals surface area (Å²) in [6.45, 7) is 0.380. The summed E-state index contributed by atoms with van der Waals surface area (Å²) >= 11 is 6.19. The maximum atomic E-state index is 12.3. The molecule has 4 rings (SSSR count). The van der Waals surface area contributed by atoms with Gasteiger partial charge in [0.2, 0.25) is 0 Å². The van der Waals surface area contributed by atoms with Gasteiger partial charge in [-0.25, -0.2) is 14.2 Å². The molecule has 2 aromatic heterocycles. The Bertz CT molecular complexity index is 1220. The van der Waals surface area contributed by atoms with E-state index in [2.05, 4.69) is 20.7 Å². The number of esters is 1. The lowest BCUT2D eigenvalue weighted by Gasteiger charge is -2.10. The minimum absolute atomic E-state index is 0.0255. The van der Waals surface area contributed by atoms with Crippen molar-refractivity contribution in [3.05, 3.63) is 94.9 Å². The number of hydrogen-bond donors (Lipinski definition) is 1. The number of carbonyl (C=O) groups excluding carboxylic acids is 2. The van der Waals surface area contributed by atoms with E-state index >= 15 is 0 Å². The van der Waals surface area contributed by atoms with Gasteiger partial charge in [-0.1, -0.05) is 65.3 Å². The fourth-order valence-electron chi connectivity index (χ4n) is 2.98. The van der Waals surface area contributed by atoms with Crippen LogP contribution in [-0.4, -0.2) is 43.3 Å². The number of ether oxygens (including phenoxy) is 1. The van der Waals surface area contributed by atoms with E-state index in [1.807, 2.05) is 48.5 Å². The molecule has 10 heteroatoms. The second kappa shape index (κ2) is 9.88. The fraction of sp³-hybridized carbons (Fsp3) is 0.136. The Morgan fingerprint density at radius 2 is 1.78 bits per heavy atom. The molecule has 2 aromatic carbocycles. The Kier molecular flexibility index (Phi) is 6.57. The van der Waals surface area contributed by atoms with E-state index < -0.39 is 18.5 Å². The number of nitrogens with zero attached hydrogens (tertiary/aromatic N) is 5. The smallest absolute Gasteiger partial charge is 0.361 e. The quantitative estimate of drug-likeness (QED) is 0.414. The van der Waals surface area contributed by atoms with Crippen LogP contribution in [0.4, 0.5) is 5.82 Å². The SMILES string of the molecule is O=C(COC(=O)c1cn(Cc2ccccc2)nn1)Nc1ccnn1Cc1ccccc1Cl. The van der Waals surface area contributed by atoms with Crippen molar-refractivity contribution in [2.24, 2.45) is 0 Å². The molecule has 1 N–H and O–H groups in total. The van der Waals surface area contributed by atoms with Gasteiger partial charge in [0.15, 0.2) is 12.3 Å². The van der Waals surface area contributed by atoms with Gasteiger partial charge in [0.05, 0.1) is 25.5 Å². The van der Waals surface area contributed by atoms with E-state index in [9.17, 15) is 9.59 Å². The lowest BCUT2D eigenvalue weighted by molar-refractivity contribution is -0.119. The first-order valence-electron chi connectivity index (χ1n) is 9.75. The Morgan fingerprint density at radius 3 is 2.59 bits per heavy atom. The Hall–Kier alpha value is -3.98. The maximum Gasteiger partial charge on any atom is 0.361 e. The summed E-state index contributed by atoms with van der Waals surface area (Å²) in [5.41, 5.74) is 1.90. The van der Waals surface area contributed by atoms with E-state index in [-0.39, 0.29) is 5.69 Å². The highest BCUT2D eigenvalue weighted by molar-refractivity contribution is 6.31. The van der Waals surface area contributed by atoms with Gasteiger partial charge in [0.25, 0.3) is 5.91 Å². The first kappa shape index (κ1) is 21.3. The molecule has 4 aromatic rings. The molecule has 1 amide bonds. The number of carbonyl (C=O) groups is 2. The second-order valence-corrected chi connectivity index (χ2v) is 7.28. The van der Waals surface area contributed by atoms with Crippen molar-refractivity contribution in [2.75, 3.05) is 11.9 Å². The molecule has 2 heterocycles. The monoisotopic (exact) mass is 450 g/mol. The zero-order chi connectivity index (χ0) is 22.3. The van der Waals surface area contributed by atoms with Crippen LogP contribution in [0.5, 0.6) is 0 Å². The molecule has 0 radical (unpaired) electrons. The average Bonchev–Trinajstić information content (AvgIpc) is 3.44. The molecule has 0 aliphatic heterocycles. The van der Waals surface area contributed by atoms with Crippen molar-refractivity contribution in [1.29, 1.82) is 0 Å². The first-order valence-corrected chi connectivity index (χ1v) is 10.1. The van der Waals surface area contributed by atoms with Crippen LogP contribution >= 0.6 is 11.6 Å². The highest BCUT2D eigenvalue weighted by Gasteiger charge is 2.16. The van der Waals surface area contributed by atoms with Crippen molar-refractivity contribution in [3.8, 4) is 0 Å². The molecule has 32 heavy (non-hydrogen) atoms. The van der Waals surface area contributed by atoms with Crippen molar-refractivity contribution in [3.63, 3.8) is 0 Å². The maximum absolute atomic E-state index is 12.3. The predicted octanol–water partition coefficient (Wildman–Crippen LogP) is 3.02. The zero-order valence-electron chi connectivity index (χ0n) is 16.9. The normalized spacial score (nSPS) is 10.7. The minimum Gasteiger partial charge on any atom is -0.451 e. The molecular weight excluding hydrogens is 432 g/mol. The molecule has 9 nitrogen and oxygen atoms in total. The molecule has 0 unspecified atom stereocenters. The molecule has 0 saturated carbocycles. The molecule has 0 atom stereocenters. The minimum atomic E-state index is -0.732. The van der Waals surface area contributed by atoms with Gasteiger partial charge in [-0.2, -0.15) is 5.10 Å². The highest BCUT2D eigenvalue weighted by Crippen LogP contribution is 2.18. The zero-order valence-corrected chi connectivity index (χ0v) is 17.6. The van der Waals surface area contributed by atoms with Crippen LogP contribution in [-0.2, 0) is 22.6 Å². The van der Waals surface area contributed by atoms with Crippen LogP contribution < -0.4 is 5.32 Å². The number of amides is 1. The van der Waals surface area contributed by atoms with Crippen LogP contribution in [0.2, 0.25) is 5.02 Å². The second-order valence-electron chi connectivity index (χ2n) is 6.88. The van der Waals surface area contributed by atoms with Crippen LogP contribution in [0.15, 0.2) is 73.1 Å². The molecule has 0 fully saturated rings. The van der Waals surface area contributed by atoms with Gasteiger partial charge in [-0.05, 0) is 17.2 Å². The first-order chi connectivity index (χ1) is 15.6. The third kappa shape index (κ3) is 5.38. The molecule has 0 spiro atoms. The number of benzene rings is 2. The Labute approximate surface area is 188 Å². The third-order valence-electron chi connectivity index (χ3n) is 4.53. The number of aromatic nitrogens is 5. The van der Waals surface area contributed by atoms with Gasteiger partial charge in [-0.3, -0.25) is 4.79 Å². The van der Waals surface area contributed by atoms with Gasteiger partial charge in [0, 0.05) is 11.1 Å². The third-order valence-corrected chi connectivity index (χ3v) is 4.90. The van der Waals surface area contributed by atoms with Gasteiger partial charge in [0.1, 0.15) is 5.82 Å². The molecular formula is C22H19ClN6O3. The molecule has 0 aliphatic carbocycles. The largest absolute Gasteiger partial charge is 0.451 e. The van der Waals surface area contributed by atoms with E-state index in [4.69, 9.17) is 16.3 Å². The van der Waals surface area contributed by atoms with E-state index in [1.165, 1.54) is 10.9 Å². The van der Waals surface area contributed by atoms with E-state index in [0.29, 0.717) is 23.9 Å². The molecule has 0 aliphatic rings. The van der Waals surface area contributed by atoms with E-state index in [0.717, 1.165) is 11.1 Å². The number of halogens is 1. The van der Waals surface area contributed by atoms with Crippen LogP contribution in [0, 0.1) is 0 Å². The van der Waals surface area contributed by atoms with Crippen molar-refractivity contribution >= 4 is 29.3 Å². The molecule has 0 saturated heterocycles. The van der Waals surface area contributed by atoms with Crippen LogP contribution in [0.1, 0.15) is 21.6 Å². The summed E-state index contributed by atoms with van der Waals surface area (Å²) in [4.78, 5) is 24.5. The van der Waals surface area contributed by atoms with Crippen LogP contribution in [0.25, 0.3) is 0 Å². The number of nitrogens with one attached hydrogen (secondary N) is 1.